The minimum Gasteiger partial charge on any atom is -0.497 e. The third-order valence-corrected chi connectivity index (χ3v) is 7.38. The number of methoxy groups -OCH3 is 1. The van der Waals surface area contributed by atoms with Gasteiger partial charge in [0.05, 0.1) is 32.6 Å². The van der Waals surface area contributed by atoms with Gasteiger partial charge >= 0.3 is 0 Å². The van der Waals surface area contributed by atoms with Crippen LogP contribution in [0.3, 0.4) is 0 Å². The molecular formula is C30H32N6O4. The normalized spacial score (nSPS) is 16.1. The number of aromatic nitrogens is 5. The molecule has 6 rings (SSSR count). The van der Waals surface area contributed by atoms with Crippen molar-refractivity contribution in [3.63, 3.8) is 0 Å². The van der Waals surface area contributed by atoms with Gasteiger partial charge in [-0.25, -0.2) is 4.68 Å². The van der Waals surface area contributed by atoms with E-state index in [-0.39, 0.29) is 11.7 Å². The first-order valence-corrected chi connectivity index (χ1v) is 13.5. The molecular weight excluding hydrogens is 508 g/mol. The van der Waals surface area contributed by atoms with Gasteiger partial charge in [0.25, 0.3) is 5.56 Å². The molecule has 2 aromatic carbocycles. The molecule has 40 heavy (non-hydrogen) atoms. The van der Waals surface area contributed by atoms with Gasteiger partial charge in [-0.1, -0.05) is 23.8 Å². The minimum atomic E-state index is -0.572. The highest BCUT2D eigenvalue weighted by Gasteiger charge is 2.32. The second-order valence-corrected chi connectivity index (χ2v) is 10.2. The van der Waals surface area contributed by atoms with E-state index in [1.165, 1.54) is 0 Å². The van der Waals surface area contributed by atoms with Crippen LogP contribution < -0.4 is 10.3 Å². The van der Waals surface area contributed by atoms with Gasteiger partial charge in [-0.2, -0.15) is 0 Å². The molecule has 0 bridgehead atoms. The van der Waals surface area contributed by atoms with Crippen molar-refractivity contribution in [3.8, 4) is 5.75 Å². The topological polar surface area (TPSA) is 111 Å². The summed E-state index contributed by atoms with van der Waals surface area (Å²) in [6.45, 7) is 4.23. The van der Waals surface area contributed by atoms with Crippen molar-refractivity contribution in [3.05, 3.63) is 106 Å². The van der Waals surface area contributed by atoms with Gasteiger partial charge in [0.15, 0.2) is 5.82 Å². The Kier molecular flexibility index (Phi) is 7.43. The van der Waals surface area contributed by atoms with Gasteiger partial charge in [0.2, 0.25) is 0 Å². The summed E-state index contributed by atoms with van der Waals surface area (Å²) in [4.78, 5) is 19.0. The molecule has 1 N–H and O–H groups in total. The van der Waals surface area contributed by atoms with Crippen LogP contribution in [-0.2, 0) is 24.4 Å². The summed E-state index contributed by atoms with van der Waals surface area (Å²) in [5.41, 5.74) is 3.30. The van der Waals surface area contributed by atoms with E-state index >= 15 is 0 Å². The Morgan fingerprint density at radius 3 is 2.77 bits per heavy atom. The predicted molar refractivity (Wildman–Crippen MR) is 149 cm³/mol. The van der Waals surface area contributed by atoms with Crippen LogP contribution in [-0.4, -0.2) is 49.9 Å². The summed E-state index contributed by atoms with van der Waals surface area (Å²) in [5.74, 6) is 2.12. The van der Waals surface area contributed by atoms with Crippen LogP contribution in [0.4, 0.5) is 0 Å². The Balaban J connectivity index is 1.49. The van der Waals surface area contributed by atoms with Crippen molar-refractivity contribution >= 4 is 10.9 Å². The molecule has 1 aliphatic rings. The van der Waals surface area contributed by atoms with Crippen molar-refractivity contribution in [2.45, 2.75) is 51.5 Å². The third kappa shape index (κ3) is 5.54. The average molecular weight is 541 g/mol. The number of tetrazole rings is 1. The van der Waals surface area contributed by atoms with Crippen molar-refractivity contribution in [1.29, 1.82) is 0 Å². The van der Waals surface area contributed by atoms with Crippen LogP contribution in [0, 0.1) is 6.92 Å². The van der Waals surface area contributed by atoms with E-state index in [2.05, 4.69) is 31.5 Å². The molecule has 1 aliphatic heterocycles. The van der Waals surface area contributed by atoms with E-state index in [1.807, 2.05) is 61.5 Å². The summed E-state index contributed by atoms with van der Waals surface area (Å²) in [6, 6.07) is 19.1. The first-order valence-electron chi connectivity index (χ1n) is 13.5. The van der Waals surface area contributed by atoms with Gasteiger partial charge in [-0.05, 0) is 83.6 Å². The first kappa shape index (κ1) is 26.0. The zero-order valence-corrected chi connectivity index (χ0v) is 22.6. The van der Waals surface area contributed by atoms with E-state index in [4.69, 9.17) is 13.9 Å². The lowest BCUT2D eigenvalue weighted by molar-refractivity contribution is 0.0901. The highest BCUT2D eigenvalue weighted by molar-refractivity contribution is 5.79. The van der Waals surface area contributed by atoms with Crippen molar-refractivity contribution < 1.29 is 13.9 Å². The van der Waals surface area contributed by atoms with E-state index < -0.39 is 6.04 Å². The average Bonchev–Trinajstić information content (AvgIpc) is 3.75. The fourth-order valence-corrected chi connectivity index (χ4v) is 5.37. The molecule has 4 heterocycles. The largest absolute Gasteiger partial charge is 0.497 e. The fraction of sp³-hybridized carbons (Fsp3) is 0.333. The Hall–Kier alpha value is -4.28. The van der Waals surface area contributed by atoms with Gasteiger partial charge < -0.3 is 18.9 Å². The third-order valence-electron chi connectivity index (χ3n) is 7.38. The summed E-state index contributed by atoms with van der Waals surface area (Å²) in [7, 11) is 1.65. The summed E-state index contributed by atoms with van der Waals surface area (Å²) in [6.07, 6.45) is 3.64. The lowest BCUT2D eigenvalue weighted by Gasteiger charge is -2.30. The smallest absolute Gasteiger partial charge is 0.253 e. The lowest BCUT2D eigenvalue weighted by atomic mass is 10.0. The molecule has 1 saturated heterocycles. The molecule has 0 amide bonds. The molecule has 0 spiro atoms. The van der Waals surface area contributed by atoms with Crippen LogP contribution in [0.1, 0.15) is 47.2 Å². The number of rotatable bonds is 10. The Labute approximate surface area is 231 Å². The minimum absolute atomic E-state index is 0.0283. The quantitative estimate of drug-likeness (QED) is 0.278. The molecule has 2 atom stereocenters. The van der Waals surface area contributed by atoms with Gasteiger partial charge in [-0.15, -0.1) is 5.10 Å². The van der Waals surface area contributed by atoms with Crippen LogP contribution in [0.2, 0.25) is 0 Å². The van der Waals surface area contributed by atoms with E-state index in [0.717, 1.165) is 53.0 Å². The van der Waals surface area contributed by atoms with Crippen molar-refractivity contribution in [1.82, 2.24) is 30.1 Å². The number of fused-ring (bicyclic) bond motifs is 1. The van der Waals surface area contributed by atoms with E-state index in [1.54, 1.807) is 18.1 Å². The van der Waals surface area contributed by atoms with E-state index in [0.29, 0.717) is 31.0 Å². The standard InChI is InChI=1S/C30H32N6O4/c1-20-7-12-27-22(15-20)16-26(30(37)31-27)28(29-32-33-34-36(29)19-25-6-4-14-40-25)35(18-24-5-3-13-39-24)17-21-8-10-23(38-2)11-9-21/h3,5,7-13,15-16,25,28H,4,6,14,17-19H2,1-2H3,(H,31,37)/t25-,28-/m1/s1. The Morgan fingerprint density at radius 2 is 2.02 bits per heavy atom. The molecule has 0 unspecified atom stereocenters. The molecule has 0 saturated carbocycles. The fourth-order valence-electron chi connectivity index (χ4n) is 5.37. The molecule has 0 aliphatic carbocycles. The zero-order valence-electron chi connectivity index (χ0n) is 22.6. The number of ether oxygens (including phenoxy) is 2. The van der Waals surface area contributed by atoms with Crippen molar-refractivity contribution in [2.24, 2.45) is 0 Å². The first-order chi connectivity index (χ1) is 19.6. The van der Waals surface area contributed by atoms with Crippen LogP contribution >= 0.6 is 0 Å². The van der Waals surface area contributed by atoms with Gasteiger partial charge in [-0.3, -0.25) is 9.69 Å². The summed E-state index contributed by atoms with van der Waals surface area (Å²) in [5, 5.41) is 13.8. The SMILES string of the molecule is COc1ccc(CN(Cc2ccco2)[C@H](c2cc3cc(C)ccc3[nH]c2=O)c2nnnn2C[C@H]2CCCO2)cc1. The number of furan rings is 1. The number of hydrogen-bond donors (Lipinski definition) is 1. The second-order valence-electron chi connectivity index (χ2n) is 10.2. The van der Waals surface area contributed by atoms with Crippen molar-refractivity contribution in [2.75, 3.05) is 13.7 Å². The maximum atomic E-state index is 13.7. The molecule has 1 fully saturated rings. The maximum absolute atomic E-state index is 13.7. The number of hydrogen-bond acceptors (Lipinski definition) is 8. The monoisotopic (exact) mass is 540 g/mol. The highest BCUT2D eigenvalue weighted by Crippen LogP contribution is 2.31. The molecule has 5 aromatic rings. The number of benzene rings is 2. The van der Waals surface area contributed by atoms with E-state index in [9.17, 15) is 4.79 Å². The molecule has 206 valence electrons. The number of aryl methyl sites for hydroxylation is 1. The Bertz CT molecular complexity index is 1620. The number of aromatic amines is 1. The molecule has 10 nitrogen and oxygen atoms in total. The Morgan fingerprint density at radius 1 is 1.15 bits per heavy atom. The summed E-state index contributed by atoms with van der Waals surface area (Å²) >= 11 is 0. The summed E-state index contributed by atoms with van der Waals surface area (Å²) < 4.78 is 18.8. The number of H-pyrrole nitrogens is 1. The molecule has 0 radical (unpaired) electrons. The van der Waals surface area contributed by atoms with Crippen LogP contribution in [0.15, 0.2) is 76.1 Å². The van der Waals surface area contributed by atoms with Gasteiger partial charge in [0, 0.05) is 24.2 Å². The predicted octanol–water partition coefficient (Wildman–Crippen LogP) is 4.40. The number of nitrogens with zero attached hydrogens (tertiary/aromatic N) is 5. The molecule has 3 aromatic heterocycles. The van der Waals surface area contributed by atoms with Crippen LogP contribution in [0.5, 0.6) is 5.75 Å². The second kappa shape index (κ2) is 11.4. The van der Waals surface area contributed by atoms with Gasteiger partial charge in [0.1, 0.15) is 17.6 Å². The zero-order chi connectivity index (χ0) is 27.5. The number of pyridine rings is 1. The van der Waals surface area contributed by atoms with Crippen LogP contribution in [0.25, 0.3) is 10.9 Å². The maximum Gasteiger partial charge on any atom is 0.253 e. The number of nitrogens with one attached hydrogen (secondary N) is 1. The molecule has 10 heteroatoms. The lowest BCUT2D eigenvalue weighted by Crippen LogP contribution is -2.35. The highest BCUT2D eigenvalue weighted by atomic mass is 16.5.